The second-order valence-electron chi connectivity index (χ2n) is 10.4. The van der Waals surface area contributed by atoms with Crippen molar-refractivity contribution in [2.45, 2.75) is 77.5 Å². The van der Waals surface area contributed by atoms with E-state index in [0.717, 1.165) is 45.1 Å². The molecule has 1 aliphatic heterocycles. The molecule has 2 aliphatic carbocycles. The zero-order valence-corrected chi connectivity index (χ0v) is 19.9. The second-order valence-corrected chi connectivity index (χ2v) is 10.4. The molecule has 1 saturated heterocycles. The maximum Gasteiger partial charge on any atom is 0.246 e. The lowest BCUT2D eigenvalue weighted by molar-refractivity contribution is -0.152. The summed E-state index contributed by atoms with van der Waals surface area (Å²) in [7, 11) is 3.20. The number of aliphatic hydroxyl groups is 1. The molecule has 31 heavy (non-hydrogen) atoms. The molecular formula is C24H42N2O5. The highest BCUT2D eigenvalue weighted by Gasteiger charge is 2.54. The Bertz CT molecular complexity index is 643. The molecule has 0 spiro atoms. The minimum atomic E-state index is -0.543. The fraction of sp³-hybridized carbons (Fsp3) is 0.917. The highest BCUT2D eigenvalue weighted by molar-refractivity contribution is 5.79. The lowest BCUT2D eigenvalue weighted by atomic mass is 9.51. The molecular weight excluding hydrogens is 396 g/mol. The van der Waals surface area contributed by atoms with Gasteiger partial charge < -0.3 is 24.8 Å². The lowest BCUT2D eigenvalue weighted by Crippen LogP contribution is -2.59. The molecule has 0 bridgehead atoms. The molecule has 7 heteroatoms. The summed E-state index contributed by atoms with van der Waals surface area (Å²) in [6.07, 6.45) is 5.24. The highest BCUT2D eigenvalue weighted by Crippen LogP contribution is 2.55. The summed E-state index contributed by atoms with van der Waals surface area (Å²) in [5.74, 6) is -0.00535. The maximum atomic E-state index is 13.4. The van der Waals surface area contributed by atoms with E-state index in [-0.39, 0.29) is 59.6 Å². The molecule has 0 aromatic heterocycles. The van der Waals surface area contributed by atoms with Crippen LogP contribution < -0.4 is 5.32 Å². The molecule has 0 aromatic carbocycles. The van der Waals surface area contributed by atoms with Crippen molar-refractivity contribution in [3.8, 4) is 0 Å². The number of methoxy groups -OCH3 is 2. The van der Waals surface area contributed by atoms with Crippen LogP contribution in [0.5, 0.6) is 0 Å². The second kappa shape index (κ2) is 10.2. The van der Waals surface area contributed by atoms with E-state index in [1.54, 1.807) is 7.11 Å². The first-order valence-corrected chi connectivity index (χ1v) is 12.0. The van der Waals surface area contributed by atoms with Crippen molar-refractivity contribution >= 4 is 11.8 Å². The van der Waals surface area contributed by atoms with Crippen LogP contribution in [0, 0.1) is 29.1 Å². The molecule has 7 nitrogen and oxygen atoms in total. The number of nitrogens with zero attached hydrogens (tertiary/aromatic N) is 1. The summed E-state index contributed by atoms with van der Waals surface area (Å²) in [6.45, 7) is 7.83. The fourth-order valence-electron chi connectivity index (χ4n) is 6.81. The Morgan fingerprint density at radius 1 is 1.19 bits per heavy atom. The van der Waals surface area contributed by atoms with E-state index in [1.165, 1.54) is 7.11 Å². The van der Waals surface area contributed by atoms with Crippen molar-refractivity contribution in [2.75, 3.05) is 34.0 Å². The molecule has 3 fully saturated rings. The minimum Gasteiger partial charge on any atom is -0.392 e. The molecule has 2 amide bonds. The predicted octanol–water partition coefficient (Wildman–Crippen LogP) is 2.21. The average Bonchev–Trinajstić information content (AvgIpc) is 3.18. The van der Waals surface area contributed by atoms with Gasteiger partial charge in [-0.25, -0.2) is 0 Å². The Kier molecular flexibility index (Phi) is 8.03. The Balaban J connectivity index is 1.72. The Morgan fingerprint density at radius 3 is 2.58 bits per heavy atom. The zero-order chi connectivity index (χ0) is 22.8. The SMILES string of the molecule is COCC(=O)N[C@H]1CC[C@]2(C)CC[C@@H]([C@H](C)C(=O)N3CCC[C@@H]3COC)[C@H](O)[C@H]2[C@@H]1C. The van der Waals surface area contributed by atoms with Gasteiger partial charge >= 0.3 is 0 Å². The first kappa shape index (κ1) is 24.5. The van der Waals surface area contributed by atoms with Crippen LogP contribution in [-0.2, 0) is 19.1 Å². The molecule has 1 heterocycles. The smallest absolute Gasteiger partial charge is 0.246 e. The number of fused-ring (bicyclic) bond motifs is 1. The number of carbonyl (C=O) groups is 2. The summed E-state index contributed by atoms with van der Waals surface area (Å²) >= 11 is 0. The number of nitrogens with one attached hydrogen (secondary N) is 1. The third kappa shape index (κ3) is 4.93. The van der Waals surface area contributed by atoms with Crippen LogP contribution in [-0.4, -0.2) is 74.0 Å². The Morgan fingerprint density at radius 2 is 1.90 bits per heavy atom. The number of hydrogen-bond acceptors (Lipinski definition) is 5. The van der Waals surface area contributed by atoms with Crippen LogP contribution in [0.1, 0.15) is 59.3 Å². The first-order valence-electron chi connectivity index (χ1n) is 12.0. The standard InChI is InChI=1S/C24H42N2O5/c1-15(23(29)26-12-6-7-17(26)13-30-4)18-8-10-24(3)11-9-19(25-20(27)14-31-5)16(2)21(24)22(18)28/h15-19,21-22,28H,6-14H2,1-5H3,(H,25,27)/t15-,16+,17+,18-,19-,21+,22-,24-/m0/s1. The van der Waals surface area contributed by atoms with E-state index in [0.29, 0.717) is 6.61 Å². The largest absolute Gasteiger partial charge is 0.392 e. The maximum absolute atomic E-state index is 13.4. The van der Waals surface area contributed by atoms with Crippen molar-refractivity contribution in [3.63, 3.8) is 0 Å². The zero-order valence-electron chi connectivity index (χ0n) is 19.9. The van der Waals surface area contributed by atoms with Crippen molar-refractivity contribution in [1.29, 1.82) is 0 Å². The van der Waals surface area contributed by atoms with Gasteiger partial charge in [-0.1, -0.05) is 20.8 Å². The third-order valence-electron chi connectivity index (χ3n) is 8.56. The predicted molar refractivity (Wildman–Crippen MR) is 118 cm³/mol. The van der Waals surface area contributed by atoms with E-state index < -0.39 is 6.10 Å². The molecule has 2 N–H and O–H groups in total. The topological polar surface area (TPSA) is 88.1 Å². The monoisotopic (exact) mass is 438 g/mol. The van der Waals surface area contributed by atoms with Gasteiger partial charge in [0.15, 0.2) is 0 Å². The molecule has 0 aromatic rings. The summed E-state index contributed by atoms with van der Waals surface area (Å²) < 4.78 is 10.3. The van der Waals surface area contributed by atoms with Crippen LogP contribution in [0.3, 0.4) is 0 Å². The molecule has 3 rings (SSSR count). The van der Waals surface area contributed by atoms with Crippen LogP contribution >= 0.6 is 0 Å². The van der Waals surface area contributed by atoms with E-state index in [1.807, 2.05) is 11.8 Å². The number of amides is 2. The quantitative estimate of drug-likeness (QED) is 0.636. The number of aliphatic hydroxyl groups excluding tert-OH is 1. The van der Waals surface area contributed by atoms with Gasteiger partial charge in [-0.15, -0.1) is 0 Å². The number of rotatable bonds is 7. The Hall–Kier alpha value is -1.18. The van der Waals surface area contributed by atoms with E-state index in [2.05, 4.69) is 19.2 Å². The van der Waals surface area contributed by atoms with Crippen molar-refractivity contribution < 1.29 is 24.2 Å². The van der Waals surface area contributed by atoms with Crippen molar-refractivity contribution in [3.05, 3.63) is 0 Å². The van der Waals surface area contributed by atoms with Crippen molar-refractivity contribution in [2.24, 2.45) is 29.1 Å². The van der Waals surface area contributed by atoms with Gasteiger partial charge in [0.2, 0.25) is 11.8 Å². The van der Waals surface area contributed by atoms with Crippen molar-refractivity contribution in [1.82, 2.24) is 10.2 Å². The van der Waals surface area contributed by atoms with E-state index >= 15 is 0 Å². The average molecular weight is 439 g/mol. The highest BCUT2D eigenvalue weighted by atomic mass is 16.5. The van der Waals surface area contributed by atoms with Crippen LogP contribution in [0.15, 0.2) is 0 Å². The summed E-state index contributed by atoms with van der Waals surface area (Å²) in [6, 6.07) is 0.185. The third-order valence-corrected chi connectivity index (χ3v) is 8.56. The summed E-state index contributed by atoms with van der Waals surface area (Å²) in [5.41, 5.74) is 0.0484. The fourth-order valence-corrected chi connectivity index (χ4v) is 6.81. The van der Waals surface area contributed by atoms with Gasteiger partial charge in [-0.2, -0.15) is 0 Å². The Labute approximate surface area is 187 Å². The van der Waals surface area contributed by atoms with Gasteiger partial charge in [0.25, 0.3) is 0 Å². The van der Waals surface area contributed by atoms with Gasteiger partial charge in [0.05, 0.1) is 18.8 Å². The number of likely N-dealkylation sites (tertiary alicyclic amines) is 1. The number of hydrogen-bond donors (Lipinski definition) is 2. The number of ether oxygens (including phenoxy) is 2. The normalized spacial score (nSPS) is 39.1. The first-order chi connectivity index (χ1) is 14.7. The molecule has 2 saturated carbocycles. The van der Waals surface area contributed by atoms with Gasteiger partial charge in [0.1, 0.15) is 6.61 Å². The molecule has 0 radical (unpaired) electrons. The van der Waals surface area contributed by atoms with E-state index in [4.69, 9.17) is 9.47 Å². The van der Waals surface area contributed by atoms with Gasteiger partial charge in [0, 0.05) is 32.7 Å². The molecule has 8 atom stereocenters. The van der Waals surface area contributed by atoms with Crippen LogP contribution in [0.4, 0.5) is 0 Å². The van der Waals surface area contributed by atoms with Gasteiger partial charge in [-0.3, -0.25) is 9.59 Å². The molecule has 3 aliphatic rings. The van der Waals surface area contributed by atoms with Gasteiger partial charge in [-0.05, 0) is 61.7 Å². The summed E-state index contributed by atoms with van der Waals surface area (Å²) in [4.78, 5) is 27.5. The van der Waals surface area contributed by atoms with E-state index in [9.17, 15) is 14.7 Å². The van der Waals surface area contributed by atoms with Crippen LogP contribution in [0.2, 0.25) is 0 Å². The molecule has 178 valence electrons. The minimum absolute atomic E-state index is 0.0322. The number of carbonyl (C=O) groups excluding carboxylic acids is 2. The lowest BCUT2D eigenvalue weighted by Gasteiger charge is -2.56. The molecule has 0 unspecified atom stereocenters. The van der Waals surface area contributed by atoms with Crippen LogP contribution in [0.25, 0.3) is 0 Å². The summed E-state index contributed by atoms with van der Waals surface area (Å²) in [5, 5.41) is 14.7.